The molecule has 13 heavy (non-hydrogen) atoms. The van der Waals surface area contributed by atoms with Crippen LogP contribution < -0.4 is 0 Å². The Hall–Kier alpha value is 0.170. The molecule has 1 fully saturated rings. The number of hydrogen-bond donors (Lipinski definition) is 0. The number of methoxy groups -OCH3 is 1. The third kappa shape index (κ3) is 4.81. The normalized spacial score (nSPS) is 24.0. The minimum Gasteiger partial charge on any atom is -0.382 e. The van der Waals surface area contributed by atoms with Crippen LogP contribution in [0.15, 0.2) is 0 Å². The van der Waals surface area contributed by atoms with Gasteiger partial charge in [-0.25, -0.2) is 0 Å². The number of nitrogens with zero attached hydrogens (tertiary/aromatic N) is 1. The fraction of sp³-hybridized carbons (Fsp3) is 1.00. The second-order valence-electron chi connectivity index (χ2n) is 3.29. The Morgan fingerprint density at radius 1 is 1.38 bits per heavy atom. The van der Waals surface area contributed by atoms with Gasteiger partial charge in [-0.1, -0.05) is 0 Å². The summed E-state index contributed by atoms with van der Waals surface area (Å²) in [4.78, 5) is 2.34. The SMILES string of the molecule is COCCOCCN1CCC(Cl)C1. The lowest BCUT2D eigenvalue weighted by Gasteiger charge is -2.14. The van der Waals surface area contributed by atoms with E-state index >= 15 is 0 Å². The van der Waals surface area contributed by atoms with E-state index in [2.05, 4.69) is 4.90 Å². The molecule has 0 amide bonds. The molecule has 0 bridgehead atoms. The molecule has 78 valence electrons. The summed E-state index contributed by atoms with van der Waals surface area (Å²) in [5.41, 5.74) is 0. The Kier molecular flexibility index (Phi) is 5.71. The van der Waals surface area contributed by atoms with Crippen molar-refractivity contribution in [2.75, 3.05) is 46.6 Å². The fourth-order valence-corrected chi connectivity index (χ4v) is 1.72. The maximum absolute atomic E-state index is 5.97. The molecule has 1 aliphatic rings. The van der Waals surface area contributed by atoms with Gasteiger partial charge in [-0.15, -0.1) is 11.6 Å². The molecule has 0 N–H and O–H groups in total. The van der Waals surface area contributed by atoms with Crippen molar-refractivity contribution in [2.45, 2.75) is 11.8 Å². The van der Waals surface area contributed by atoms with E-state index in [9.17, 15) is 0 Å². The molecule has 1 atom stereocenters. The smallest absolute Gasteiger partial charge is 0.0700 e. The van der Waals surface area contributed by atoms with E-state index in [1.165, 1.54) is 0 Å². The molecular formula is C9H18ClNO2. The quantitative estimate of drug-likeness (QED) is 0.479. The highest BCUT2D eigenvalue weighted by Crippen LogP contribution is 2.13. The van der Waals surface area contributed by atoms with E-state index in [-0.39, 0.29) is 0 Å². The number of alkyl halides is 1. The first-order valence-electron chi connectivity index (χ1n) is 4.76. The van der Waals surface area contributed by atoms with Gasteiger partial charge in [0.1, 0.15) is 0 Å². The van der Waals surface area contributed by atoms with Gasteiger partial charge in [0, 0.05) is 25.6 Å². The average molecular weight is 208 g/mol. The molecule has 1 heterocycles. The summed E-state index contributed by atoms with van der Waals surface area (Å²) in [6.07, 6.45) is 1.11. The van der Waals surface area contributed by atoms with Crippen molar-refractivity contribution >= 4 is 11.6 Å². The number of hydrogen-bond acceptors (Lipinski definition) is 3. The van der Waals surface area contributed by atoms with Crippen molar-refractivity contribution in [3.8, 4) is 0 Å². The van der Waals surface area contributed by atoms with Crippen LogP contribution in [0.1, 0.15) is 6.42 Å². The molecule has 1 unspecified atom stereocenters. The van der Waals surface area contributed by atoms with Crippen LogP contribution in [0.2, 0.25) is 0 Å². The minimum absolute atomic E-state index is 0.346. The molecule has 1 rings (SSSR count). The monoisotopic (exact) mass is 207 g/mol. The molecule has 0 aromatic rings. The van der Waals surface area contributed by atoms with Gasteiger partial charge in [-0.05, 0) is 13.0 Å². The third-order valence-corrected chi connectivity index (χ3v) is 2.55. The number of rotatable bonds is 6. The molecule has 3 nitrogen and oxygen atoms in total. The zero-order valence-corrected chi connectivity index (χ0v) is 8.92. The van der Waals surface area contributed by atoms with Crippen molar-refractivity contribution in [2.24, 2.45) is 0 Å². The second kappa shape index (κ2) is 6.60. The van der Waals surface area contributed by atoms with E-state index in [0.29, 0.717) is 18.6 Å². The Morgan fingerprint density at radius 2 is 2.23 bits per heavy atom. The van der Waals surface area contributed by atoms with Gasteiger partial charge in [0.05, 0.1) is 19.8 Å². The molecule has 0 aromatic heterocycles. The van der Waals surface area contributed by atoms with E-state index in [4.69, 9.17) is 21.1 Å². The molecule has 4 heteroatoms. The van der Waals surface area contributed by atoms with Crippen molar-refractivity contribution in [1.29, 1.82) is 0 Å². The second-order valence-corrected chi connectivity index (χ2v) is 3.91. The number of halogens is 1. The predicted octanol–water partition coefficient (Wildman–Crippen LogP) is 0.962. The predicted molar refractivity (Wildman–Crippen MR) is 53.4 cm³/mol. The van der Waals surface area contributed by atoms with Crippen LogP contribution in [-0.4, -0.2) is 56.8 Å². The molecule has 0 aromatic carbocycles. The highest BCUT2D eigenvalue weighted by Gasteiger charge is 2.19. The summed E-state index contributed by atoms with van der Waals surface area (Å²) in [6, 6.07) is 0. The molecular weight excluding hydrogens is 190 g/mol. The third-order valence-electron chi connectivity index (χ3n) is 2.20. The lowest BCUT2D eigenvalue weighted by Crippen LogP contribution is -2.25. The van der Waals surface area contributed by atoms with E-state index in [1.807, 2.05) is 0 Å². The van der Waals surface area contributed by atoms with Gasteiger partial charge in [0.15, 0.2) is 0 Å². The lowest BCUT2D eigenvalue weighted by atomic mass is 10.4. The number of ether oxygens (including phenoxy) is 2. The van der Waals surface area contributed by atoms with Gasteiger partial charge in [0.2, 0.25) is 0 Å². The molecule has 0 aliphatic carbocycles. The topological polar surface area (TPSA) is 21.7 Å². The summed E-state index contributed by atoms with van der Waals surface area (Å²) in [7, 11) is 1.68. The van der Waals surface area contributed by atoms with Crippen LogP contribution in [0, 0.1) is 0 Å². The fourth-order valence-electron chi connectivity index (χ4n) is 1.43. The van der Waals surface area contributed by atoms with Gasteiger partial charge in [0.25, 0.3) is 0 Å². The van der Waals surface area contributed by atoms with Gasteiger partial charge in [-0.3, -0.25) is 4.90 Å². The Morgan fingerprint density at radius 3 is 2.85 bits per heavy atom. The highest BCUT2D eigenvalue weighted by molar-refractivity contribution is 6.20. The van der Waals surface area contributed by atoms with Crippen LogP contribution in [0.3, 0.4) is 0 Å². The van der Waals surface area contributed by atoms with Gasteiger partial charge in [-0.2, -0.15) is 0 Å². The van der Waals surface area contributed by atoms with E-state index < -0.39 is 0 Å². The highest BCUT2D eigenvalue weighted by atomic mass is 35.5. The first-order valence-corrected chi connectivity index (χ1v) is 5.19. The summed E-state index contributed by atoms with van der Waals surface area (Å²) in [5.74, 6) is 0. The maximum atomic E-state index is 5.97. The first-order chi connectivity index (χ1) is 6.33. The summed E-state index contributed by atoms with van der Waals surface area (Å²) in [6.45, 7) is 5.27. The van der Waals surface area contributed by atoms with Crippen LogP contribution >= 0.6 is 11.6 Å². The summed E-state index contributed by atoms with van der Waals surface area (Å²) < 4.78 is 10.2. The van der Waals surface area contributed by atoms with Crippen LogP contribution in [-0.2, 0) is 9.47 Å². The Labute approximate surface area is 84.9 Å². The molecule has 0 radical (unpaired) electrons. The lowest BCUT2D eigenvalue weighted by molar-refractivity contribution is 0.0604. The Bertz CT molecular complexity index is 135. The molecule has 1 saturated heterocycles. The summed E-state index contributed by atoms with van der Waals surface area (Å²) in [5, 5.41) is 0.346. The van der Waals surface area contributed by atoms with E-state index in [1.54, 1.807) is 7.11 Å². The zero-order chi connectivity index (χ0) is 9.52. The number of likely N-dealkylation sites (tertiary alicyclic amines) is 1. The van der Waals surface area contributed by atoms with Crippen LogP contribution in [0.25, 0.3) is 0 Å². The molecule has 0 saturated carbocycles. The van der Waals surface area contributed by atoms with Crippen LogP contribution in [0.4, 0.5) is 0 Å². The van der Waals surface area contributed by atoms with E-state index in [0.717, 1.165) is 32.7 Å². The van der Waals surface area contributed by atoms with Crippen molar-refractivity contribution in [1.82, 2.24) is 4.90 Å². The van der Waals surface area contributed by atoms with Crippen molar-refractivity contribution in [3.63, 3.8) is 0 Å². The van der Waals surface area contributed by atoms with Gasteiger partial charge >= 0.3 is 0 Å². The standard InChI is InChI=1S/C9H18ClNO2/c1-12-6-7-13-5-4-11-3-2-9(10)8-11/h9H,2-8H2,1H3. The minimum atomic E-state index is 0.346. The largest absolute Gasteiger partial charge is 0.382 e. The van der Waals surface area contributed by atoms with Crippen molar-refractivity contribution < 1.29 is 9.47 Å². The first kappa shape index (κ1) is 11.2. The summed E-state index contributed by atoms with van der Waals surface area (Å²) >= 11 is 5.97. The van der Waals surface area contributed by atoms with Gasteiger partial charge < -0.3 is 9.47 Å². The Balaban J connectivity index is 1.88. The van der Waals surface area contributed by atoms with Crippen molar-refractivity contribution in [3.05, 3.63) is 0 Å². The average Bonchev–Trinajstić information content (AvgIpc) is 2.51. The molecule has 1 aliphatic heterocycles. The van der Waals surface area contributed by atoms with Crippen LogP contribution in [0.5, 0.6) is 0 Å². The maximum Gasteiger partial charge on any atom is 0.0700 e. The molecule has 0 spiro atoms. The zero-order valence-electron chi connectivity index (χ0n) is 8.17.